The monoisotopic (exact) mass is 206 g/mol. The van der Waals surface area contributed by atoms with Crippen LogP contribution >= 0.6 is 0 Å². The highest BCUT2D eigenvalue weighted by Crippen LogP contribution is 2.35. The lowest BCUT2D eigenvalue weighted by Crippen LogP contribution is -2.12. The minimum Gasteiger partial charge on any atom is -0.465 e. The number of fused-ring (bicyclic) bond motifs is 1. The van der Waals surface area contributed by atoms with Crippen molar-refractivity contribution in [3.05, 3.63) is 28.8 Å². The summed E-state index contributed by atoms with van der Waals surface area (Å²) in [4.78, 5) is 11.4. The van der Waals surface area contributed by atoms with Gasteiger partial charge in [0.2, 0.25) is 0 Å². The minimum atomic E-state index is -0.408. The first-order chi connectivity index (χ1) is 7.15. The van der Waals surface area contributed by atoms with Crippen molar-refractivity contribution in [2.45, 2.75) is 18.9 Å². The summed E-state index contributed by atoms with van der Waals surface area (Å²) in [6.07, 6.45) is 1.83. The molecule has 15 heavy (non-hydrogen) atoms. The molecule has 1 aliphatic carbocycles. The number of carbonyl (C=O) groups is 1. The fraction of sp³-hybridized carbons (Fsp3) is 0.364. The summed E-state index contributed by atoms with van der Waals surface area (Å²) in [5.74, 6) is -0.408. The molecule has 1 unspecified atom stereocenters. The van der Waals surface area contributed by atoms with Gasteiger partial charge in [0.15, 0.2) is 0 Å². The second-order valence-corrected chi connectivity index (χ2v) is 3.74. The van der Waals surface area contributed by atoms with Crippen LogP contribution in [0.2, 0.25) is 0 Å². The Labute approximate surface area is 88.2 Å². The number of hydrogen-bond donors (Lipinski definition) is 2. The Morgan fingerprint density at radius 3 is 2.93 bits per heavy atom. The number of aryl methyl sites for hydroxylation is 1. The number of nitrogen functional groups attached to an aromatic ring is 1. The van der Waals surface area contributed by atoms with Crippen molar-refractivity contribution in [1.82, 2.24) is 0 Å². The summed E-state index contributed by atoms with van der Waals surface area (Å²) in [6.45, 7) is 0. The zero-order valence-electron chi connectivity index (χ0n) is 8.62. The summed E-state index contributed by atoms with van der Waals surface area (Å²) in [5, 5.41) is 0. The Morgan fingerprint density at radius 1 is 1.53 bits per heavy atom. The van der Waals surface area contributed by atoms with Gasteiger partial charge in [-0.25, -0.2) is 4.79 Å². The molecule has 4 N–H and O–H groups in total. The summed E-state index contributed by atoms with van der Waals surface area (Å²) in [7, 11) is 1.34. The molecular formula is C11H14N2O2. The van der Waals surface area contributed by atoms with E-state index in [0.717, 1.165) is 24.0 Å². The summed E-state index contributed by atoms with van der Waals surface area (Å²) < 4.78 is 4.65. The smallest absolute Gasteiger partial charge is 0.339 e. The Morgan fingerprint density at radius 2 is 2.27 bits per heavy atom. The molecule has 1 aromatic rings. The molecule has 1 atom stereocenters. The van der Waals surface area contributed by atoms with Crippen molar-refractivity contribution in [2.24, 2.45) is 5.73 Å². The third kappa shape index (κ3) is 1.47. The number of rotatable bonds is 1. The molecule has 0 heterocycles. The fourth-order valence-corrected chi connectivity index (χ4v) is 2.08. The summed E-state index contributed by atoms with van der Waals surface area (Å²) >= 11 is 0. The van der Waals surface area contributed by atoms with E-state index in [-0.39, 0.29) is 6.04 Å². The first kappa shape index (κ1) is 9.98. The molecule has 4 heteroatoms. The fourth-order valence-electron chi connectivity index (χ4n) is 2.08. The third-order valence-corrected chi connectivity index (χ3v) is 2.88. The highest BCUT2D eigenvalue weighted by atomic mass is 16.5. The second kappa shape index (κ2) is 3.55. The number of ether oxygens (including phenoxy) is 1. The van der Waals surface area contributed by atoms with Gasteiger partial charge in [-0.2, -0.15) is 0 Å². The zero-order chi connectivity index (χ0) is 11.0. The Balaban J connectivity index is 2.53. The molecule has 0 amide bonds. The van der Waals surface area contributed by atoms with E-state index >= 15 is 0 Å². The Kier molecular flexibility index (Phi) is 2.36. The molecule has 0 fully saturated rings. The standard InChI is InChI=1S/C11H14N2O2/c1-15-11(14)7-4-2-6-3-5-8(12)9(6)10(7)13/h2,4,8H,3,5,12-13H2,1H3. The number of anilines is 1. The largest absolute Gasteiger partial charge is 0.465 e. The molecule has 0 aliphatic heterocycles. The van der Waals surface area contributed by atoms with E-state index in [2.05, 4.69) is 4.74 Å². The maximum Gasteiger partial charge on any atom is 0.339 e. The van der Waals surface area contributed by atoms with Crippen LogP contribution in [0.15, 0.2) is 12.1 Å². The lowest BCUT2D eigenvalue weighted by molar-refractivity contribution is 0.0602. The van der Waals surface area contributed by atoms with Gasteiger partial charge in [-0.05, 0) is 30.0 Å². The minimum absolute atomic E-state index is 0.0513. The van der Waals surface area contributed by atoms with E-state index in [0.29, 0.717) is 11.3 Å². The van der Waals surface area contributed by atoms with Crippen molar-refractivity contribution < 1.29 is 9.53 Å². The molecule has 4 nitrogen and oxygen atoms in total. The lowest BCUT2D eigenvalue weighted by atomic mass is 10.0. The molecule has 0 saturated heterocycles. The molecule has 1 aliphatic rings. The first-order valence-corrected chi connectivity index (χ1v) is 4.90. The molecule has 1 aromatic carbocycles. The molecule has 0 saturated carbocycles. The van der Waals surface area contributed by atoms with Gasteiger partial charge in [0.05, 0.1) is 18.4 Å². The number of benzene rings is 1. The van der Waals surface area contributed by atoms with E-state index < -0.39 is 5.97 Å². The van der Waals surface area contributed by atoms with Crippen LogP contribution in [0.5, 0.6) is 0 Å². The van der Waals surface area contributed by atoms with Crippen LogP contribution in [0.1, 0.15) is 33.9 Å². The summed E-state index contributed by atoms with van der Waals surface area (Å²) in [6, 6.07) is 3.56. The average Bonchev–Trinajstić information content (AvgIpc) is 2.61. The van der Waals surface area contributed by atoms with Gasteiger partial charge in [0.25, 0.3) is 0 Å². The number of hydrogen-bond acceptors (Lipinski definition) is 4. The maximum absolute atomic E-state index is 11.4. The van der Waals surface area contributed by atoms with Gasteiger partial charge in [-0.1, -0.05) is 6.07 Å². The highest BCUT2D eigenvalue weighted by Gasteiger charge is 2.25. The van der Waals surface area contributed by atoms with Crippen molar-refractivity contribution in [1.29, 1.82) is 0 Å². The maximum atomic E-state index is 11.4. The van der Waals surface area contributed by atoms with Gasteiger partial charge in [0, 0.05) is 6.04 Å². The lowest BCUT2D eigenvalue weighted by Gasteiger charge is -2.11. The molecule has 0 spiro atoms. The van der Waals surface area contributed by atoms with Gasteiger partial charge < -0.3 is 16.2 Å². The SMILES string of the molecule is COC(=O)c1ccc2c(c1N)C(N)CC2. The van der Waals surface area contributed by atoms with Crippen molar-refractivity contribution in [3.63, 3.8) is 0 Å². The van der Waals surface area contributed by atoms with Crippen LogP contribution in [-0.4, -0.2) is 13.1 Å². The molecule has 0 bridgehead atoms. The van der Waals surface area contributed by atoms with Crippen LogP contribution in [0.25, 0.3) is 0 Å². The van der Waals surface area contributed by atoms with Gasteiger partial charge in [-0.15, -0.1) is 0 Å². The van der Waals surface area contributed by atoms with Crippen molar-refractivity contribution in [2.75, 3.05) is 12.8 Å². The van der Waals surface area contributed by atoms with E-state index in [1.54, 1.807) is 6.07 Å². The average molecular weight is 206 g/mol. The van der Waals surface area contributed by atoms with Crippen LogP contribution in [0, 0.1) is 0 Å². The first-order valence-electron chi connectivity index (χ1n) is 4.90. The number of carbonyl (C=O) groups excluding carboxylic acids is 1. The molecular weight excluding hydrogens is 192 g/mol. The predicted molar refractivity (Wildman–Crippen MR) is 57.4 cm³/mol. The van der Waals surface area contributed by atoms with Crippen molar-refractivity contribution >= 4 is 11.7 Å². The van der Waals surface area contributed by atoms with Crippen LogP contribution < -0.4 is 11.5 Å². The van der Waals surface area contributed by atoms with Crippen LogP contribution in [-0.2, 0) is 11.2 Å². The normalized spacial score (nSPS) is 18.7. The molecule has 2 rings (SSSR count). The molecule has 80 valence electrons. The molecule has 0 radical (unpaired) electrons. The topological polar surface area (TPSA) is 78.3 Å². The van der Waals surface area contributed by atoms with Crippen LogP contribution in [0.3, 0.4) is 0 Å². The Hall–Kier alpha value is -1.55. The van der Waals surface area contributed by atoms with Gasteiger partial charge in [0.1, 0.15) is 0 Å². The number of esters is 1. The predicted octanol–water partition coefficient (Wildman–Crippen LogP) is 1.00. The van der Waals surface area contributed by atoms with E-state index in [1.807, 2.05) is 6.07 Å². The van der Waals surface area contributed by atoms with Crippen LogP contribution in [0.4, 0.5) is 5.69 Å². The van der Waals surface area contributed by atoms with Gasteiger partial charge >= 0.3 is 5.97 Å². The van der Waals surface area contributed by atoms with E-state index in [9.17, 15) is 4.79 Å². The highest BCUT2D eigenvalue weighted by molar-refractivity contribution is 5.96. The second-order valence-electron chi connectivity index (χ2n) is 3.74. The number of methoxy groups -OCH3 is 1. The summed E-state index contributed by atoms with van der Waals surface area (Å²) in [5.41, 5.74) is 14.8. The zero-order valence-corrected chi connectivity index (χ0v) is 8.62. The third-order valence-electron chi connectivity index (χ3n) is 2.88. The van der Waals surface area contributed by atoms with E-state index in [1.165, 1.54) is 7.11 Å². The quantitative estimate of drug-likeness (QED) is 0.530. The van der Waals surface area contributed by atoms with E-state index in [4.69, 9.17) is 11.5 Å². The molecule has 0 aromatic heterocycles. The van der Waals surface area contributed by atoms with Crippen molar-refractivity contribution in [3.8, 4) is 0 Å². The van der Waals surface area contributed by atoms with Gasteiger partial charge in [-0.3, -0.25) is 0 Å². The Bertz CT molecular complexity index is 415. The number of nitrogens with two attached hydrogens (primary N) is 2.